The lowest BCUT2D eigenvalue weighted by Gasteiger charge is -1.97. The van der Waals surface area contributed by atoms with Crippen molar-refractivity contribution in [1.29, 1.82) is 0 Å². The normalized spacial score (nSPS) is 10.6. The summed E-state index contributed by atoms with van der Waals surface area (Å²) >= 11 is 0. The second-order valence-electron chi connectivity index (χ2n) is 3.97. The van der Waals surface area contributed by atoms with Crippen LogP contribution in [0.3, 0.4) is 0 Å². The molecule has 1 aromatic heterocycles. The van der Waals surface area contributed by atoms with E-state index in [0.29, 0.717) is 0 Å². The smallest absolute Gasteiger partial charge is 0.135 e. The zero-order valence-corrected chi connectivity index (χ0v) is 9.39. The van der Waals surface area contributed by atoms with E-state index in [2.05, 4.69) is 30.8 Å². The van der Waals surface area contributed by atoms with Gasteiger partial charge in [-0.25, -0.2) is 0 Å². The van der Waals surface area contributed by atoms with Crippen LogP contribution in [0.25, 0.3) is 28.4 Å². The first-order chi connectivity index (χ1) is 8.36. The Kier molecular flexibility index (Phi) is 2.30. The van der Waals surface area contributed by atoms with Crippen LogP contribution in [0, 0.1) is 0 Å². The molecule has 0 N–H and O–H groups in total. The Balaban J connectivity index is 2.10. The second-order valence-corrected chi connectivity index (χ2v) is 3.97. The summed E-state index contributed by atoms with van der Waals surface area (Å²) in [6.45, 7) is 3.74. The molecule has 0 atom stereocenters. The summed E-state index contributed by atoms with van der Waals surface area (Å²) < 4.78 is 5.80. The van der Waals surface area contributed by atoms with Crippen molar-refractivity contribution in [2.75, 3.05) is 0 Å². The molecule has 3 rings (SSSR count). The van der Waals surface area contributed by atoms with Crippen molar-refractivity contribution >= 4 is 17.0 Å². The maximum Gasteiger partial charge on any atom is 0.135 e. The number of fused-ring (bicyclic) bond motifs is 1. The number of furan rings is 1. The van der Waals surface area contributed by atoms with Gasteiger partial charge in [0.1, 0.15) is 11.3 Å². The van der Waals surface area contributed by atoms with Gasteiger partial charge >= 0.3 is 0 Å². The molecular formula is C16H12O. The lowest BCUT2D eigenvalue weighted by Crippen LogP contribution is -1.74. The molecule has 3 aromatic rings. The molecule has 17 heavy (non-hydrogen) atoms. The molecule has 0 aliphatic rings. The number of benzene rings is 2. The lowest BCUT2D eigenvalue weighted by atomic mass is 10.1. The van der Waals surface area contributed by atoms with Crippen LogP contribution >= 0.6 is 0 Å². The van der Waals surface area contributed by atoms with Crippen LogP contribution in [-0.2, 0) is 0 Å². The van der Waals surface area contributed by atoms with E-state index in [4.69, 9.17) is 4.42 Å². The largest absolute Gasteiger partial charge is 0.456 e. The van der Waals surface area contributed by atoms with E-state index in [9.17, 15) is 0 Å². The van der Waals surface area contributed by atoms with Crippen molar-refractivity contribution in [2.24, 2.45) is 0 Å². The fourth-order valence-corrected chi connectivity index (χ4v) is 1.91. The summed E-state index contributed by atoms with van der Waals surface area (Å²) in [4.78, 5) is 0. The molecule has 0 amide bonds. The van der Waals surface area contributed by atoms with E-state index >= 15 is 0 Å². The van der Waals surface area contributed by atoms with Crippen molar-refractivity contribution in [2.45, 2.75) is 0 Å². The topological polar surface area (TPSA) is 13.1 Å². The van der Waals surface area contributed by atoms with Crippen LogP contribution in [0.4, 0.5) is 0 Å². The number of hydrogen-bond donors (Lipinski definition) is 0. The molecule has 1 heterocycles. The SMILES string of the molecule is C=Cc1ccc(-c2cc3ccccc3o2)cc1. The zero-order chi connectivity index (χ0) is 11.7. The molecule has 82 valence electrons. The predicted octanol–water partition coefficient (Wildman–Crippen LogP) is 4.74. The zero-order valence-electron chi connectivity index (χ0n) is 9.39. The quantitative estimate of drug-likeness (QED) is 0.607. The van der Waals surface area contributed by atoms with Crippen LogP contribution in [-0.4, -0.2) is 0 Å². The Bertz CT molecular complexity index is 626. The Morgan fingerprint density at radius 2 is 1.71 bits per heavy atom. The molecule has 0 fully saturated rings. The Morgan fingerprint density at radius 1 is 0.941 bits per heavy atom. The monoisotopic (exact) mass is 220 g/mol. The summed E-state index contributed by atoms with van der Waals surface area (Å²) in [5.41, 5.74) is 3.13. The molecule has 0 radical (unpaired) electrons. The number of para-hydroxylation sites is 1. The van der Waals surface area contributed by atoms with Crippen molar-refractivity contribution in [3.05, 3.63) is 66.7 Å². The van der Waals surface area contributed by atoms with Gasteiger partial charge in [0, 0.05) is 10.9 Å². The molecule has 1 heteroatoms. The van der Waals surface area contributed by atoms with Gasteiger partial charge in [-0.1, -0.05) is 55.1 Å². The van der Waals surface area contributed by atoms with Gasteiger partial charge in [-0.15, -0.1) is 0 Å². The average Bonchev–Trinajstić information content (AvgIpc) is 2.82. The van der Waals surface area contributed by atoms with Crippen LogP contribution < -0.4 is 0 Å². The molecule has 0 spiro atoms. The van der Waals surface area contributed by atoms with E-state index < -0.39 is 0 Å². The lowest BCUT2D eigenvalue weighted by molar-refractivity contribution is 0.631. The molecular weight excluding hydrogens is 208 g/mol. The van der Waals surface area contributed by atoms with E-state index in [1.807, 2.05) is 36.4 Å². The van der Waals surface area contributed by atoms with Crippen molar-refractivity contribution in [3.63, 3.8) is 0 Å². The maximum absolute atomic E-state index is 5.80. The molecule has 2 aromatic carbocycles. The number of rotatable bonds is 2. The Hall–Kier alpha value is -2.28. The standard InChI is InChI=1S/C16H12O/c1-2-12-7-9-13(10-8-12)16-11-14-5-3-4-6-15(14)17-16/h2-11H,1H2. The molecule has 0 saturated carbocycles. The third kappa shape index (κ3) is 1.76. The van der Waals surface area contributed by atoms with Crippen LogP contribution in [0.2, 0.25) is 0 Å². The first kappa shape index (κ1) is 9.91. The van der Waals surface area contributed by atoms with Crippen molar-refractivity contribution < 1.29 is 4.42 Å². The fourth-order valence-electron chi connectivity index (χ4n) is 1.91. The highest BCUT2D eigenvalue weighted by Gasteiger charge is 2.04. The summed E-state index contributed by atoms with van der Waals surface area (Å²) in [5.74, 6) is 0.904. The average molecular weight is 220 g/mol. The Labute approximate surface area is 100 Å². The minimum Gasteiger partial charge on any atom is -0.456 e. The van der Waals surface area contributed by atoms with Crippen LogP contribution in [0.1, 0.15) is 5.56 Å². The fraction of sp³-hybridized carbons (Fsp3) is 0. The third-order valence-electron chi connectivity index (χ3n) is 2.86. The summed E-state index contributed by atoms with van der Waals surface area (Å²) in [7, 11) is 0. The van der Waals surface area contributed by atoms with Gasteiger partial charge in [0.25, 0.3) is 0 Å². The van der Waals surface area contributed by atoms with Crippen molar-refractivity contribution in [1.82, 2.24) is 0 Å². The van der Waals surface area contributed by atoms with Crippen LogP contribution in [0.5, 0.6) is 0 Å². The third-order valence-corrected chi connectivity index (χ3v) is 2.86. The molecule has 1 nitrogen and oxygen atoms in total. The number of hydrogen-bond acceptors (Lipinski definition) is 1. The van der Waals surface area contributed by atoms with Crippen LogP contribution in [0.15, 0.2) is 65.6 Å². The van der Waals surface area contributed by atoms with Gasteiger partial charge < -0.3 is 4.42 Å². The van der Waals surface area contributed by atoms with Gasteiger partial charge in [-0.3, -0.25) is 0 Å². The predicted molar refractivity (Wildman–Crippen MR) is 71.7 cm³/mol. The molecule has 0 unspecified atom stereocenters. The molecule has 0 saturated heterocycles. The van der Waals surface area contributed by atoms with E-state index in [1.54, 1.807) is 0 Å². The minimum absolute atomic E-state index is 0.904. The van der Waals surface area contributed by atoms with Gasteiger partial charge in [-0.2, -0.15) is 0 Å². The van der Waals surface area contributed by atoms with Crippen molar-refractivity contribution in [3.8, 4) is 11.3 Å². The summed E-state index contributed by atoms with van der Waals surface area (Å²) in [6.07, 6.45) is 1.84. The van der Waals surface area contributed by atoms with E-state index in [1.165, 1.54) is 0 Å². The first-order valence-corrected chi connectivity index (χ1v) is 5.58. The van der Waals surface area contributed by atoms with E-state index in [-0.39, 0.29) is 0 Å². The van der Waals surface area contributed by atoms with Gasteiger partial charge in [0.15, 0.2) is 0 Å². The van der Waals surface area contributed by atoms with Gasteiger partial charge in [-0.05, 0) is 17.7 Å². The Morgan fingerprint density at radius 3 is 2.41 bits per heavy atom. The van der Waals surface area contributed by atoms with E-state index in [0.717, 1.165) is 27.9 Å². The molecule has 0 bridgehead atoms. The van der Waals surface area contributed by atoms with Gasteiger partial charge in [0.05, 0.1) is 0 Å². The van der Waals surface area contributed by atoms with Gasteiger partial charge in [0.2, 0.25) is 0 Å². The summed E-state index contributed by atoms with van der Waals surface area (Å²) in [6, 6.07) is 18.3. The highest BCUT2D eigenvalue weighted by atomic mass is 16.3. The molecule has 0 aliphatic heterocycles. The second kappa shape index (κ2) is 3.95. The highest BCUT2D eigenvalue weighted by Crippen LogP contribution is 2.27. The maximum atomic E-state index is 5.80. The molecule has 0 aliphatic carbocycles. The minimum atomic E-state index is 0.904. The highest BCUT2D eigenvalue weighted by molar-refractivity contribution is 5.82. The first-order valence-electron chi connectivity index (χ1n) is 5.58. The summed E-state index contributed by atoms with van der Waals surface area (Å²) in [5, 5.41) is 1.13.